The van der Waals surface area contributed by atoms with Crippen molar-refractivity contribution in [1.29, 1.82) is 0 Å². The van der Waals surface area contributed by atoms with Crippen molar-refractivity contribution in [3.8, 4) is 0 Å². The molecular weight excluding hydrogens is 457 g/mol. The Bertz CT molecular complexity index is 1060. The van der Waals surface area contributed by atoms with Gasteiger partial charge in [-0.2, -0.15) is 0 Å². The van der Waals surface area contributed by atoms with E-state index in [4.69, 9.17) is 21.7 Å². The van der Waals surface area contributed by atoms with Crippen molar-refractivity contribution in [1.82, 2.24) is 5.32 Å². The van der Waals surface area contributed by atoms with Crippen LogP contribution in [0.4, 0.5) is 20.6 Å². The Hall–Kier alpha value is -3.04. The van der Waals surface area contributed by atoms with Crippen LogP contribution in [0.15, 0.2) is 42.5 Å². The highest BCUT2D eigenvalue weighted by Crippen LogP contribution is 2.35. The molecule has 0 aliphatic carbocycles. The summed E-state index contributed by atoms with van der Waals surface area (Å²) < 4.78 is 25.5. The van der Waals surface area contributed by atoms with Gasteiger partial charge in [0.1, 0.15) is 11.9 Å². The number of rotatable bonds is 8. The standard InChI is InChI=1S/C25H28FN3O4S/c1-17-5-7-18(8-6-17)22(34)9-10-23(30)27-15-19-16-29(25(31)33-19)21-4-2-3-20(26)24(21)28-11-13-32-14-12-28/h2-8,19H,9-16H2,1H3,(H,27,30)/t19-/m0/s1. The number of carbonyl (C=O) groups is 2. The summed E-state index contributed by atoms with van der Waals surface area (Å²) in [6.07, 6.45) is -0.365. The van der Waals surface area contributed by atoms with Crippen molar-refractivity contribution < 1.29 is 23.5 Å². The number of cyclic esters (lactones) is 1. The summed E-state index contributed by atoms with van der Waals surface area (Å²) in [4.78, 5) is 29.0. The average Bonchev–Trinajstić information content (AvgIpc) is 3.22. The molecule has 2 heterocycles. The van der Waals surface area contributed by atoms with Crippen LogP contribution < -0.4 is 15.1 Å². The van der Waals surface area contributed by atoms with Crippen molar-refractivity contribution in [2.45, 2.75) is 25.9 Å². The van der Waals surface area contributed by atoms with E-state index in [1.54, 1.807) is 12.1 Å². The summed E-state index contributed by atoms with van der Waals surface area (Å²) in [5, 5.41) is 2.82. The fourth-order valence-electron chi connectivity index (χ4n) is 4.07. The first-order valence-corrected chi connectivity index (χ1v) is 11.8. The van der Waals surface area contributed by atoms with Gasteiger partial charge in [-0.1, -0.05) is 48.1 Å². The number of aryl methyl sites for hydroxylation is 1. The predicted molar refractivity (Wildman–Crippen MR) is 132 cm³/mol. The summed E-state index contributed by atoms with van der Waals surface area (Å²) in [6, 6.07) is 12.6. The van der Waals surface area contributed by atoms with Crippen LogP contribution in [-0.4, -0.2) is 62.4 Å². The van der Waals surface area contributed by atoms with E-state index in [0.29, 0.717) is 44.1 Å². The van der Waals surface area contributed by atoms with Crippen LogP contribution in [0, 0.1) is 12.7 Å². The van der Waals surface area contributed by atoms with E-state index in [-0.39, 0.29) is 25.4 Å². The number of nitrogens with zero attached hydrogens (tertiary/aromatic N) is 2. The van der Waals surface area contributed by atoms with E-state index in [2.05, 4.69) is 5.32 Å². The molecule has 2 fully saturated rings. The number of anilines is 2. The fourth-order valence-corrected chi connectivity index (χ4v) is 4.31. The van der Waals surface area contributed by atoms with Crippen molar-refractivity contribution >= 4 is 40.5 Å². The van der Waals surface area contributed by atoms with E-state index in [0.717, 1.165) is 16.0 Å². The summed E-state index contributed by atoms with van der Waals surface area (Å²) >= 11 is 5.44. The SMILES string of the molecule is Cc1ccc(C(=S)CCC(=O)NC[C@H]2CN(c3cccc(F)c3N3CCOCC3)C(=O)O2)cc1. The number of benzene rings is 2. The fraction of sp³-hybridized carbons (Fsp3) is 0.400. The highest BCUT2D eigenvalue weighted by Gasteiger charge is 2.35. The highest BCUT2D eigenvalue weighted by atomic mass is 32.1. The zero-order chi connectivity index (χ0) is 24.1. The minimum Gasteiger partial charge on any atom is -0.442 e. The third kappa shape index (κ3) is 5.71. The third-order valence-corrected chi connectivity index (χ3v) is 6.38. The molecule has 0 bridgehead atoms. The number of hydrogen-bond donors (Lipinski definition) is 1. The zero-order valence-electron chi connectivity index (χ0n) is 19.1. The maximum atomic E-state index is 14.7. The maximum absolute atomic E-state index is 14.7. The van der Waals surface area contributed by atoms with E-state index in [9.17, 15) is 14.0 Å². The molecule has 2 amide bonds. The summed E-state index contributed by atoms with van der Waals surface area (Å²) in [5.74, 6) is -0.558. The Morgan fingerprint density at radius 3 is 2.62 bits per heavy atom. The highest BCUT2D eigenvalue weighted by molar-refractivity contribution is 7.80. The lowest BCUT2D eigenvalue weighted by molar-refractivity contribution is -0.121. The minimum absolute atomic E-state index is 0.163. The minimum atomic E-state index is -0.556. The number of amides is 2. The van der Waals surface area contributed by atoms with Gasteiger partial charge in [-0.15, -0.1) is 0 Å². The monoisotopic (exact) mass is 485 g/mol. The molecule has 0 aromatic heterocycles. The molecule has 0 unspecified atom stereocenters. The molecule has 34 heavy (non-hydrogen) atoms. The molecule has 9 heteroatoms. The van der Waals surface area contributed by atoms with Gasteiger partial charge in [0.2, 0.25) is 5.91 Å². The molecule has 1 N–H and O–H groups in total. The maximum Gasteiger partial charge on any atom is 0.414 e. The van der Waals surface area contributed by atoms with Gasteiger partial charge < -0.3 is 19.7 Å². The molecule has 2 aromatic rings. The lowest BCUT2D eigenvalue weighted by atomic mass is 10.1. The third-order valence-electron chi connectivity index (χ3n) is 5.94. The molecule has 2 aliphatic heterocycles. The van der Waals surface area contributed by atoms with Crippen molar-refractivity contribution in [2.24, 2.45) is 0 Å². The Labute approximate surface area is 203 Å². The molecule has 180 valence electrons. The second kappa shape index (κ2) is 10.9. The molecule has 0 spiro atoms. The molecular formula is C25H28FN3O4S. The van der Waals surface area contributed by atoms with Crippen molar-refractivity contribution in [2.75, 3.05) is 49.2 Å². The lowest BCUT2D eigenvalue weighted by Gasteiger charge is -2.32. The predicted octanol–water partition coefficient (Wildman–Crippen LogP) is 3.61. The van der Waals surface area contributed by atoms with E-state index in [1.807, 2.05) is 36.1 Å². The quantitative estimate of drug-likeness (QED) is 0.455. The molecule has 2 aliphatic rings. The van der Waals surface area contributed by atoms with Gasteiger partial charge >= 0.3 is 6.09 Å². The van der Waals surface area contributed by atoms with Crippen molar-refractivity contribution in [3.05, 3.63) is 59.4 Å². The Morgan fingerprint density at radius 2 is 1.88 bits per heavy atom. The van der Waals surface area contributed by atoms with E-state index < -0.39 is 18.0 Å². The normalized spacial score (nSPS) is 18.1. The van der Waals surface area contributed by atoms with Crippen LogP contribution in [0.5, 0.6) is 0 Å². The largest absolute Gasteiger partial charge is 0.442 e. The second-order valence-electron chi connectivity index (χ2n) is 8.42. The smallest absolute Gasteiger partial charge is 0.414 e. The number of halogens is 1. The molecule has 0 saturated carbocycles. The van der Waals surface area contributed by atoms with Gasteiger partial charge in [0, 0.05) is 24.4 Å². The number of carbonyl (C=O) groups excluding carboxylic acids is 2. The van der Waals surface area contributed by atoms with Gasteiger partial charge in [0.05, 0.1) is 37.7 Å². The van der Waals surface area contributed by atoms with Crippen LogP contribution in [0.2, 0.25) is 0 Å². The summed E-state index contributed by atoms with van der Waals surface area (Å²) in [5.41, 5.74) is 2.93. The molecule has 0 radical (unpaired) electrons. The summed E-state index contributed by atoms with van der Waals surface area (Å²) in [7, 11) is 0. The number of morpholine rings is 1. The molecule has 1 atom stereocenters. The van der Waals surface area contributed by atoms with Crippen molar-refractivity contribution in [3.63, 3.8) is 0 Å². The first-order valence-electron chi connectivity index (χ1n) is 11.4. The van der Waals surface area contributed by atoms with Crippen LogP contribution in [0.25, 0.3) is 0 Å². The average molecular weight is 486 g/mol. The van der Waals surface area contributed by atoms with Crippen LogP contribution >= 0.6 is 12.2 Å². The van der Waals surface area contributed by atoms with Gasteiger partial charge in [-0.25, -0.2) is 9.18 Å². The number of para-hydroxylation sites is 1. The number of ether oxygens (including phenoxy) is 2. The molecule has 4 rings (SSSR count). The van der Waals surface area contributed by atoms with E-state index in [1.165, 1.54) is 11.0 Å². The van der Waals surface area contributed by atoms with Crippen LogP contribution in [0.3, 0.4) is 0 Å². The number of nitrogens with one attached hydrogen (secondary N) is 1. The first-order chi connectivity index (χ1) is 16.4. The van der Waals surface area contributed by atoms with Crippen LogP contribution in [-0.2, 0) is 14.3 Å². The number of thiocarbonyl (C=S) groups is 1. The van der Waals surface area contributed by atoms with Gasteiger partial charge in [-0.05, 0) is 31.0 Å². The molecule has 7 nitrogen and oxygen atoms in total. The van der Waals surface area contributed by atoms with Gasteiger partial charge in [-0.3, -0.25) is 9.69 Å². The van der Waals surface area contributed by atoms with E-state index >= 15 is 0 Å². The molecule has 2 aromatic carbocycles. The topological polar surface area (TPSA) is 71.1 Å². The van der Waals surface area contributed by atoms with Crippen LogP contribution in [0.1, 0.15) is 24.0 Å². The number of hydrogen-bond acceptors (Lipinski definition) is 6. The van der Waals surface area contributed by atoms with Gasteiger partial charge in [0.25, 0.3) is 0 Å². The Balaban J connectivity index is 1.31. The lowest BCUT2D eigenvalue weighted by Crippen LogP contribution is -2.39. The Kier molecular flexibility index (Phi) is 7.74. The second-order valence-corrected chi connectivity index (χ2v) is 8.91. The zero-order valence-corrected chi connectivity index (χ0v) is 19.9. The summed E-state index contributed by atoms with van der Waals surface area (Å²) in [6.45, 7) is 4.50. The van der Waals surface area contributed by atoms with Gasteiger partial charge in [0.15, 0.2) is 0 Å². The first kappa shape index (κ1) is 24.1. The molecule has 2 saturated heterocycles. The Morgan fingerprint density at radius 1 is 1.15 bits per heavy atom.